The van der Waals surface area contributed by atoms with E-state index < -0.39 is 5.97 Å². The number of halogens is 3. The molecule has 0 unspecified atom stereocenters. The zero-order chi connectivity index (χ0) is 23.3. The van der Waals surface area contributed by atoms with Crippen molar-refractivity contribution in [1.29, 1.82) is 0 Å². The number of methoxy groups -OCH3 is 1. The number of esters is 1. The van der Waals surface area contributed by atoms with E-state index in [1.807, 2.05) is 31.2 Å². The molecule has 32 heavy (non-hydrogen) atoms. The largest absolute Gasteiger partial charge is 0.492 e. The Balaban J connectivity index is 1.68. The normalized spacial score (nSPS) is 10.7. The third kappa shape index (κ3) is 6.04. The van der Waals surface area contributed by atoms with Crippen LogP contribution in [-0.4, -0.2) is 25.6 Å². The van der Waals surface area contributed by atoms with E-state index in [1.165, 1.54) is 18.4 Å². The van der Waals surface area contributed by atoms with Gasteiger partial charge in [-0.25, -0.2) is 4.79 Å². The van der Waals surface area contributed by atoms with Crippen LogP contribution >= 0.6 is 50.5 Å². The SMILES string of the molecule is COC(=O)c1c(NC(=O)CCCOc2ccc(Cl)cc2Cl)sc(C)c1-c1ccc(Br)cc1. The van der Waals surface area contributed by atoms with Crippen LogP contribution in [0.15, 0.2) is 46.9 Å². The molecule has 1 N–H and O–H groups in total. The highest BCUT2D eigenvalue weighted by Crippen LogP contribution is 2.40. The Hall–Kier alpha value is -2.06. The molecule has 2 aromatic carbocycles. The number of thiophene rings is 1. The molecule has 5 nitrogen and oxygen atoms in total. The maximum atomic E-state index is 12.5. The quantitative estimate of drug-likeness (QED) is 0.232. The topological polar surface area (TPSA) is 64.6 Å². The number of ether oxygens (including phenoxy) is 2. The Morgan fingerprint density at radius 3 is 2.50 bits per heavy atom. The van der Waals surface area contributed by atoms with Crippen LogP contribution < -0.4 is 10.1 Å². The van der Waals surface area contributed by atoms with Crippen LogP contribution in [0, 0.1) is 6.92 Å². The zero-order valence-corrected chi connectivity index (χ0v) is 21.3. The minimum atomic E-state index is -0.497. The Labute approximate surface area is 208 Å². The molecule has 0 radical (unpaired) electrons. The van der Waals surface area contributed by atoms with E-state index in [4.69, 9.17) is 32.7 Å². The van der Waals surface area contributed by atoms with E-state index in [0.29, 0.717) is 39.4 Å². The number of anilines is 1. The number of carbonyl (C=O) groups excluding carboxylic acids is 2. The van der Waals surface area contributed by atoms with Gasteiger partial charge in [0.15, 0.2) is 0 Å². The van der Waals surface area contributed by atoms with Gasteiger partial charge < -0.3 is 14.8 Å². The molecule has 0 spiro atoms. The van der Waals surface area contributed by atoms with Gasteiger partial charge in [0.2, 0.25) is 5.91 Å². The highest BCUT2D eigenvalue weighted by Gasteiger charge is 2.25. The second-order valence-corrected chi connectivity index (χ2v) is 9.79. The molecule has 3 rings (SSSR count). The van der Waals surface area contributed by atoms with Crippen LogP contribution in [0.3, 0.4) is 0 Å². The first-order chi connectivity index (χ1) is 15.3. The number of hydrogen-bond donors (Lipinski definition) is 1. The van der Waals surface area contributed by atoms with E-state index in [-0.39, 0.29) is 12.3 Å². The molecule has 1 aromatic heterocycles. The summed E-state index contributed by atoms with van der Waals surface area (Å²) in [6.07, 6.45) is 0.693. The van der Waals surface area contributed by atoms with Gasteiger partial charge in [-0.3, -0.25) is 4.79 Å². The van der Waals surface area contributed by atoms with Gasteiger partial charge in [0.25, 0.3) is 0 Å². The summed E-state index contributed by atoms with van der Waals surface area (Å²) >= 11 is 16.7. The Kier molecular flexibility index (Phi) is 8.59. The maximum Gasteiger partial charge on any atom is 0.341 e. The van der Waals surface area contributed by atoms with Crippen LogP contribution in [0.2, 0.25) is 10.0 Å². The van der Waals surface area contributed by atoms with Crippen LogP contribution in [0.5, 0.6) is 5.75 Å². The van der Waals surface area contributed by atoms with Gasteiger partial charge in [-0.05, 0) is 49.2 Å². The molecule has 3 aromatic rings. The van der Waals surface area contributed by atoms with E-state index in [2.05, 4.69) is 21.2 Å². The summed E-state index contributed by atoms with van der Waals surface area (Å²) in [4.78, 5) is 26.0. The number of amides is 1. The first-order valence-electron chi connectivity index (χ1n) is 9.65. The van der Waals surface area contributed by atoms with E-state index in [9.17, 15) is 9.59 Å². The van der Waals surface area contributed by atoms with Crippen molar-refractivity contribution in [1.82, 2.24) is 0 Å². The lowest BCUT2D eigenvalue weighted by molar-refractivity contribution is -0.116. The van der Waals surface area contributed by atoms with Gasteiger partial charge in [0, 0.05) is 26.4 Å². The highest BCUT2D eigenvalue weighted by atomic mass is 79.9. The molecule has 1 heterocycles. The Morgan fingerprint density at radius 2 is 1.84 bits per heavy atom. The van der Waals surface area contributed by atoms with Crippen molar-refractivity contribution >= 4 is 67.3 Å². The van der Waals surface area contributed by atoms with Gasteiger partial charge >= 0.3 is 5.97 Å². The molecule has 168 valence electrons. The zero-order valence-electron chi connectivity index (χ0n) is 17.3. The predicted molar refractivity (Wildman–Crippen MR) is 133 cm³/mol. The number of carbonyl (C=O) groups is 2. The highest BCUT2D eigenvalue weighted by molar-refractivity contribution is 9.10. The molecule has 0 aliphatic rings. The third-order valence-corrected chi connectivity index (χ3v) is 6.64. The van der Waals surface area contributed by atoms with Crippen molar-refractivity contribution in [2.24, 2.45) is 0 Å². The molecule has 0 aliphatic heterocycles. The molecule has 0 saturated heterocycles. The molecular formula is C23H20BrCl2NO4S. The van der Waals surface area contributed by atoms with Crippen molar-refractivity contribution < 1.29 is 19.1 Å². The fourth-order valence-corrected chi connectivity index (χ4v) is 4.90. The summed E-state index contributed by atoms with van der Waals surface area (Å²) in [6, 6.07) is 12.6. The average Bonchev–Trinajstić information content (AvgIpc) is 3.08. The second kappa shape index (κ2) is 11.2. The lowest BCUT2D eigenvalue weighted by Gasteiger charge is -2.09. The summed E-state index contributed by atoms with van der Waals surface area (Å²) in [5, 5.41) is 4.27. The minimum Gasteiger partial charge on any atom is -0.492 e. The first kappa shape index (κ1) is 24.6. The fourth-order valence-electron chi connectivity index (χ4n) is 3.09. The van der Waals surface area contributed by atoms with Crippen molar-refractivity contribution in [2.45, 2.75) is 19.8 Å². The van der Waals surface area contributed by atoms with Crippen molar-refractivity contribution in [2.75, 3.05) is 19.0 Å². The molecule has 0 bridgehead atoms. The predicted octanol–water partition coefficient (Wildman–Crippen LogP) is 7.38. The molecule has 9 heteroatoms. The van der Waals surface area contributed by atoms with Crippen molar-refractivity contribution in [3.8, 4) is 16.9 Å². The second-order valence-electron chi connectivity index (χ2n) is 6.81. The first-order valence-corrected chi connectivity index (χ1v) is 12.0. The molecule has 0 aliphatic carbocycles. The number of nitrogens with one attached hydrogen (secondary N) is 1. The summed E-state index contributed by atoms with van der Waals surface area (Å²) in [7, 11) is 1.32. The van der Waals surface area contributed by atoms with Crippen LogP contribution in [0.25, 0.3) is 11.1 Å². The van der Waals surface area contributed by atoms with Crippen LogP contribution in [0.4, 0.5) is 5.00 Å². The lowest BCUT2D eigenvalue weighted by Crippen LogP contribution is -2.15. The van der Waals surface area contributed by atoms with E-state index in [0.717, 1.165) is 20.5 Å². The number of rotatable bonds is 8. The van der Waals surface area contributed by atoms with Crippen molar-refractivity contribution in [3.63, 3.8) is 0 Å². The summed E-state index contributed by atoms with van der Waals surface area (Å²) in [5.41, 5.74) is 1.98. The number of aryl methyl sites for hydroxylation is 1. The lowest BCUT2D eigenvalue weighted by atomic mass is 10.0. The number of hydrogen-bond acceptors (Lipinski definition) is 5. The van der Waals surface area contributed by atoms with Crippen LogP contribution in [0.1, 0.15) is 28.1 Å². The fraction of sp³-hybridized carbons (Fsp3) is 0.217. The minimum absolute atomic E-state index is 0.218. The maximum absolute atomic E-state index is 12.5. The Bertz CT molecular complexity index is 1130. The smallest absolute Gasteiger partial charge is 0.341 e. The average molecular weight is 557 g/mol. The number of benzene rings is 2. The van der Waals surface area contributed by atoms with Gasteiger partial charge in [-0.15, -0.1) is 11.3 Å². The van der Waals surface area contributed by atoms with Crippen LogP contribution in [-0.2, 0) is 9.53 Å². The Morgan fingerprint density at radius 1 is 1.12 bits per heavy atom. The molecular weight excluding hydrogens is 537 g/mol. The molecule has 0 fully saturated rings. The monoisotopic (exact) mass is 555 g/mol. The summed E-state index contributed by atoms with van der Waals surface area (Å²) in [5.74, 6) is -0.203. The van der Waals surface area contributed by atoms with E-state index >= 15 is 0 Å². The van der Waals surface area contributed by atoms with Gasteiger partial charge in [-0.1, -0.05) is 51.3 Å². The summed E-state index contributed by atoms with van der Waals surface area (Å²) in [6.45, 7) is 2.22. The molecule has 0 saturated carbocycles. The van der Waals surface area contributed by atoms with Gasteiger partial charge in [0.1, 0.15) is 16.3 Å². The van der Waals surface area contributed by atoms with Gasteiger partial charge in [-0.2, -0.15) is 0 Å². The standard InChI is InChI=1S/C23H20BrCl2NO4S/c1-13-20(14-5-7-15(24)8-6-14)21(23(29)30-2)22(32-13)27-19(28)4-3-11-31-18-10-9-16(25)12-17(18)26/h5-10,12H,3-4,11H2,1-2H3,(H,27,28). The summed E-state index contributed by atoms with van der Waals surface area (Å²) < 4.78 is 11.5. The molecule has 1 amide bonds. The third-order valence-electron chi connectivity index (χ3n) is 4.56. The molecule has 0 atom stereocenters. The van der Waals surface area contributed by atoms with Gasteiger partial charge in [0.05, 0.1) is 18.7 Å². The van der Waals surface area contributed by atoms with E-state index in [1.54, 1.807) is 18.2 Å². The van der Waals surface area contributed by atoms with Crippen molar-refractivity contribution in [3.05, 3.63) is 67.4 Å².